The molecule has 0 radical (unpaired) electrons. The van der Waals surface area contributed by atoms with Crippen LogP contribution >= 0.6 is 0 Å². The van der Waals surface area contributed by atoms with E-state index in [0.29, 0.717) is 34.2 Å². The number of ether oxygens (including phenoxy) is 4. The van der Waals surface area contributed by atoms with Crippen LogP contribution in [0.25, 0.3) is 5.65 Å². The van der Waals surface area contributed by atoms with E-state index >= 15 is 0 Å². The van der Waals surface area contributed by atoms with Crippen LogP contribution in [-0.4, -0.2) is 36.7 Å². The van der Waals surface area contributed by atoms with Gasteiger partial charge in [-0.25, -0.2) is 4.98 Å². The highest BCUT2D eigenvalue weighted by molar-refractivity contribution is 5.73. The monoisotopic (exact) mass is 398 g/mol. The van der Waals surface area contributed by atoms with Crippen molar-refractivity contribution in [3.8, 4) is 17.2 Å². The van der Waals surface area contributed by atoms with Gasteiger partial charge in [0.1, 0.15) is 12.3 Å². The van der Waals surface area contributed by atoms with Crippen LogP contribution in [0.15, 0.2) is 41.2 Å². The zero-order valence-corrected chi connectivity index (χ0v) is 16.7. The van der Waals surface area contributed by atoms with Crippen molar-refractivity contribution in [1.29, 1.82) is 0 Å². The molecule has 0 spiro atoms. The topological polar surface area (TPSA) is 88.4 Å². The largest absolute Gasteiger partial charge is 0.493 e. The maximum atomic E-state index is 12.3. The number of pyridine rings is 1. The second kappa shape index (κ2) is 8.64. The van der Waals surface area contributed by atoms with Crippen LogP contribution in [0.3, 0.4) is 0 Å². The quantitative estimate of drug-likeness (QED) is 0.564. The van der Waals surface area contributed by atoms with Crippen molar-refractivity contribution in [1.82, 2.24) is 9.38 Å². The summed E-state index contributed by atoms with van der Waals surface area (Å²) in [5.41, 5.74) is 2.11. The molecule has 8 nitrogen and oxygen atoms in total. The summed E-state index contributed by atoms with van der Waals surface area (Å²) < 4.78 is 22.7. The van der Waals surface area contributed by atoms with Crippen LogP contribution < -0.4 is 19.8 Å². The minimum atomic E-state index is -0.467. The summed E-state index contributed by atoms with van der Waals surface area (Å²) in [7, 11) is 4.52. The minimum absolute atomic E-state index is 0.00237. The van der Waals surface area contributed by atoms with Gasteiger partial charge in [0.2, 0.25) is 5.75 Å². The van der Waals surface area contributed by atoms with E-state index in [1.54, 1.807) is 18.2 Å². The van der Waals surface area contributed by atoms with Gasteiger partial charge in [-0.2, -0.15) is 0 Å². The Morgan fingerprint density at radius 3 is 2.34 bits per heavy atom. The maximum absolute atomic E-state index is 12.3. The Morgan fingerprint density at radius 1 is 1.03 bits per heavy atom. The van der Waals surface area contributed by atoms with Crippen LogP contribution in [-0.2, 0) is 22.6 Å². The molecule has 0 unspecified atom stereocenters. The van der Waals surface area contributed by atoms with Crippen molar-refractivity contribution in [2.45, 2.75) is 20.0 Å². The first-order valence-corrected chi connectivity index (χ1v) is 8.89. The molecule has 0 N–H and O–H groups in total. The third-order valence-electron chi connectivity index (χ3n) is 4.39. The van der Waals surface area contributed by atoms with Gasteiger partial charge in [0.25, 0.3) is 5.56 Å². The lowest BCUT2D eigenvalue weighted by atomic mass is 10.1. The summed E-state index contributed by atoms with van der Waals surface area (Å²) in [6, 6.07) is 10.1. The summed E-state index contributed by atoms with van der Waals surface area (Å²) in [5, 5.41) is 0. The Balaban J connectivity index is 1.74. The Morgan fingerprint density at radius 2 is 1.72 bits per heavy atom. The number of esters is 1. The molecule has 0 fully saturated rings. The van der Waals surface area contributed by atoms with E-state index in [9.17, 15) is 9.59 Å². The highest BCUT2D eigenvalue weighted by atomic mass is 16.5. The Hall–Kier alpha value is -3.55. The van der Waals surface area contributed by atoms with Gasteiger partial charge in [-0.05, 0) is 36.8 Å². The predicted octanol–water partition coefficient (Wildman–Crippen LogP) is 2.31. The zero-order valence-electron chi connectivity index (χ0n) is 16.7. The van der Waals surface area contributed by atoms with Crippen molar-refractivity contribution in [3.63, 3.8) is 0 Å². The van der Waals surface area contributed by atoms with Crippen LogP contribution in [0.2, 0.25) is 0 Å². The lowest BCUT2D eigenvalue weighted by molar-refractivity contribution is -0.144. The van der Waals surface area contributed by atoms with Crippen LogP contribution in [0.1, 0.15) is 17.0 Å². The predicted molar refractivity (Wildman–Crippen MR) is 106 cm³/mol. The molecule has 0 aliphatic heterocycles. The standard InChI is InChI=1S/C21H22N2O6/c1-13-6-5-7-18-22-15(11-19(24)23(13)18)12-29-20(25)10-14-8-16(26-2)21(28-4)17(9-14)27-3/h5-9,11H,10,12H2,1-4H3. The first-order valence-electron chi connectivity index (χ1n) is 8.89. The summed E-state index contributed by atoms with van der Waals surface area (Å²) in [6.07, 6.45) is 0.00237. The second-order valence-corrected chi connectivity index (χ2v) is 6.32. The molecule has 2 aromatic heterocycles. The number of rotatable bonds is 7. The highest BCUT2D eigenvalue weighted by Crippen LogP contribution is 2.38. The van der Waals surface area contributed by atoms with E-state index in [1.165, 1.54) is 31.8 Å². The first kappa shape index (κ1) is 20.2. The Bertz CT molecular complexity index is 1080. The van der Waals surface area contributed by atoms with Crippen molar-refractivity contribution in [2.75, 3.05) is 21.3 Å². The third kappa shape index (κ3) is 4.31. The van der Waals surface area contributed by atoms with E-state index in [0.717, 1.165) is 5.69 Å². The SMILES string of the molecule is COc1cc(CC(=O)OCc2cc(=O)n3c(C)cccc3n2)cc(OC)c1OC. The van der Waals surface area contributed by atoms with Gasteiger partial charge in [-0.1, -0.05) is 6.07 Å². The minimum Gasteiger partial charge on any atom is -0.493 e. The maximum Gasteiger partial charge on any atom is 0.310 e. The molecule has 0 aliphatic rings. The van der Waals surface area contributed by atoms with Gasteiger partial charge in [-0.3, -0.25) is 14.0 Å². The molecule has 1 aromatic carbocycles. The molecule has 0 bridgehead atoms. The third-order valence-corrected chi connectivity index (χ3v) is 4.39. The molecule has 0 aliphatic carbocycles. The summed E-state index contributed by atoms with van der Waals surface area (Å²) in [6.45, 7) is 1.73. The molecule has 29 heavy (non-hydrogen) atoms. The number of aromatic nitrogens is 2. The number of hydrogen-bond acceptors (Lipinski definition) is 7. The number of fused-ring (bicyclic) bond motifs is 1. The van der Waals surface area contributed by atoms with Gasteiger partial charge < -0.3 is 18.9 Å². The number of carbonyl (C=O) groups is 1. The molecule has 8 heteroatoms. The van der Waals surface area contributed by atoms with Crippen molar-refractivity contribution in [3.05, 3.63) is 63.7 Å². The van der Waals surface area contributed by atoms with E-state index in [4.69, 9.17) is 18.9 Å². The zero-order chi connectivity index (χ0) is 21.0. The lowest BCUT2D eigenvalue weighted by Gasteiger charge is -2.14. The van der Waals surface area contributed by atoms with Gasteiger partial charge in [0, 0.05) is 11.8 Å². The second-order valence-electron chi connectivity index (χ2n) is 6.32. The molecule has 2 heterocycles. The Labute approximate surface area is 167 Å². The molecule has 0 saturated carbocycles. The van der Waals surface area contributed by atoms with E-state index in [2.05, 4.69) is 4.98 Å². The number of methoxy groups -OCH3 is 3. The average Bonchev–Trinajstić information content (AvgIpc) is 2.71. The highest BCUT2D eigenvalue weighted by Gasteiger charge is 2.16. The van der Waals surface area contributed by atoms with Crippen LogP contribution in [0, 0.1) is 6.92 Å². The normalized spacial score (nSPS) is 10.6. The van der Waals surface area contributed by atoms with E-state index in [1.807, 2.05) is 19.1 Å². The number of aryl methyl sites for hydroxylation is 1. The molecule has 0 amide bonds. The van der Waals surface area contributed by atoms with E-state index < -0.39 is 5.97 Å². The molecule has 3 rings (SSSR count). The fourth-order valence-electron chi connectivity index (χ4n) is 3.05. The van der Waals surface area contributed by atoms with Gasteiger partial charge >= 0.3 is 5.97 Å². The number of hydrogen-bond donors (Lipinski definition) is 0. The van der Waals surface area contributed by atoms with Gasteiger partial charge in [-0.15, -0.1) is 0 Å². The fourth-order valence-corrected chi connectivity index (χ4v) is 3.05. The lowest BCUT2D eigenvalue weighted by Crippen LogP contribution is -2.18. The first-order chi connectivity index (χ1) is 14.0. The van der Waals surface area contributed by atoms with Gasteiger partial charge in [0.05, 0.1) is 33.4 Å². The van der Waals surface area contributed by atoms with Gasteiger partial charge in [0.15, 0.2) is 11.5 Å². The molecular formula is C21H22N2O6. The summed E-state index contributed by atoms with van der Waals surface area (Å²) in [5.74, 6) is 0.886. The number of nitrogens with zero attached hydrogens (tertiary/aromatic N) is 2. The van der Waals surface area contributed by atoms with Crippen molar-refractivity contribution >= 4 is 11.6 Å². The molecule has 3 aromatic rings. The summed E-state index contributed by atoms with van der Waals surface area (Å²) in [4.78, 5) is 29.0. The van der Waals surface area contributed by atoms with E-state index in [-0.39, 0.29) is 18.6 Å². The van der Waals surface area contributed by atoms with Crippen molar-refractivity contribution < 1.29 is 23.7 Å². The number of benzene rings is 1. The Kier molecular flexibility index (Phi) is 6.01. The molecule has 152 valence electrons. The number of carbonyl (C=O) groups excluding carboxylic acids is 1. The van der Waals surface area contributed by atoms with Crippen molar-refractivity contribution in [2.24, 2.45) is 0 Å². The molecular weight excluding hydrogens is 376 g/mol. The van der Waals surface area contributed by atoms with Crippen LogP contribution in [0.5, 0.6) is 17.2 Å². The fraction of sp³-hybridized carbons (Fsp3) is 0.286. The van der Waals surface area contributed by atoms with Crippen LogP contribution in [0.4, 0.5) is 0 Å². The molecule has 0 atom stereocenters. The summed E-state index contributed by atoms with van der Waals surface area (Å²) >= 11 is 0. The molecule has 0 saturated heterocycles. The average molecular weight is 398 g/mol. The smallest absolute Gasteiger partial charge is 0.310 e.